The Labute approximate surface area is 157 Å². The number of nitriles is 1. The molecule has 3 rings (SSSR count). The van der Waals surface area contributed by atoms with Gasteiger partial charge in [0, 0.05) is 25.9 Å². The zero-order valence-electron chi connectivity index (χ0n) is 15.3. The number of hydroxylamine groups is 1. The molecule has 0 radical (unpaired) electrons. The summed E-state index contributed by atoms with van der Waals surface area (Å²) < 4.78 is 6.01. The molecule has 27 heavy (non-hydrogen) atoms. The molecule has 0 bridgehead atoms. The van der Waals surface area contributed by atoms with Crippen LogP contribution in [-0.4, -0.2) is 42.4 Å². The van der Waals surface area contributed by atoms with Gasteiger partial charge in [-0.1, -0.05) is 6.07 Å². The lowest BCUT2D eigenvalue weighted by Crippen LogP contribution is -2.39. The summed E-state index contributed by atoms with van der Waals surface area (Å²) in [6.45, 7) is 3.47. The number of carbonyl (C=O) groups excluding carboxylic acids is 1. The lowest BCUT2D eigenvalue weighted by atomic mass is 10.1. The fourth-order valence-corrected chi connectivity index (χ4v) is 3.06. The maximum absolute atomic E-state index is 11.8. The van der Waals surface area contributed by atoms with Gasteiger partial charge in [-0.15, -0.1) is 10.2 Å². The first kappa shape index (κ1) is 18.6. The van der Waals surface area contributed by atoms with Gasteiger partial charge in [-0.05, 0) is 36.8 Å². The molecule has 2 heterocycles. The number of benzene rings is 1. The van der Waals surface area contributed by atoms with Crippen molar-refractivity contribution in [1.29, 1.82) is 5.26 Å². The minimum Gasteiger partial charge on any atom is -0.490 e. The van der Waals surface area contributed by atoms with Gasteiger partial charge in [0.05, 0.1) is 18.7 Å². The first-order valence-corrected chi connectivity index (χ1v) is 8.70. The average Bonchev–Trinajstić information content (AvgIpc) is 2.69. The zero-order chi connectivity index (χ0) is 19.2. The number of aryl methyl sites for hydroxylation is 1. The Bertz CT molecular complexity index is 857. The number of aromatic nitrogens is 2. The maximum Gasteiger partial charge on any atom is 0.295 e. The Hall–Kier alpha value is -3.18. The number of hydrogen-bond donors (Lipinski definition) is 1. The largest absolute Gasteiger partial charge is 0.490 e. The summed E-state index contributed by atoms with van der Waals surface area (Å²) in [6.07, 6.45) is 1.77. The monoisotopic (exact) mass is 367 g/mol. The molecule has 0 spiro atoms. The highest BCUT2D eigenvalue weighted by Crippen LogP contribution is 2.24. The fraction of sp³-hybridized carbons (Fsp3) is 0.368. The third-order valence-corrected chi connectivity index (χ3v) is 4.39. The van der Waals surface area contributed by atoms with Gasteiger partial charge in [-0.3, -0.25) is 9.63 Å². The molecule has 0 atom stereocenters. The van der Waals surface area contributed by atoms with Crippen molar-refractivity contribution in [2.24, 2.45) is 0 Å². The molecule has 1 fully saturated rings. The van der Waals surface area contributed by atoms with Crippen LogP contribution in [-0.2, 0) is 4.84 Å². The van der Waals surface area contributed by atoms with E-state index in [0.717, 1.165) is 43.1 Å². The van der Waals surface area contributed by atoms with Gasteiger partial charge in [-0.2, -0.15) is 5.26 Å². The van der Waals surface area contributed by atoms with Crippen LogP contribution in [0.4, 0.5) is 5.82 Å². The number of carbonyl (C=O) groups is 1. The van der Waals surface area contributed by atoms with Crippen molar-refractivity contribution in [3.05, 3.63) is 47.2 Å². The van der Waals surface area contributed by atoms with Crippen LogP contribution in [0.15, 0.2) is 30.3 Å². The van der Waals surface area contributed by atoms with E-state index in [4.69, 9.17) is 10.00 Å². The molecule has 0 unspecified atom stereocenters. The topological polar surface area (TPSA) is 100 Å². The Kier molecular flexibility index (Phi) is 5.84. The van der Waals surface area contributed by atoms with Gasteiger partial charge in [0.1, 0.15) is 11.9 Å². The van der Waals surface area contributed by atoms with Crippen molar-refractivity contribution in [2.75, 3.05) is 25.1 Å². The van der Waals surface area contributed by atoms with E-state index in [1.807, 2.05) is 19.1 Å². The van der Waals surface area contributed by atoms with E-state index in [9.17, 15) is 4.79 Å². The molecule has 1 aromatic heterocycles. The van der Waals surface area contributed by atoms with Gasteiger partial charge in [0.15, 0.2) is 11.5 Å². The highest BCUT2D eigenvalue weighted by molar-refractivity contribution is 5.91. The molecule has 0 saturated carbocycles. The molecule has 1 amide bonds. The van der Waals surface area contributed by atoms with Crippen LogP contribution in [0.2, 0.25) is 0 Å². The van der Waals surface area contributed by atoms with Crippen molar-refractivity contribution < 1.29 is 14.4 Å². The van der Waals surface area contributed by atoms with Crippen molar-refractivity contribution in [1.82, 2.24) is 15.7 Å². The van der Waals surface area contributed by atoms with E-state index in [0.29, 0.717) is 5.56 Å². The summed E-state index contributed by atoms with van der Waals surface area (Å²) in [5.41, 5.74) is 3.92. The molecule has 1 saturated heterocycles. The van der Waals surface area contributed by atoms with Gasteiger partial charge in [0.25, 0.3) is 5.91 Å². The minimum absolute atomic E-state index is 0.0928. The van der Waals surface area contributed by atoms with Crippen molar-refractivity contribution in [2.45, 2.75) is 25.9 Å². The Morgan fingerprint density at radius 3 is 2.74 bits per heavy atom. The average molecular weight is 367 g/mol. The van der Waals surface area contributed by atoms with Gasteiger partial charge in [0.2, 0.25) is 0 Å². The summed E-state index contributed by atoms with van der Waals surface area (Å²) in [7, 11) is 1.37. The number of nitrogens with zero attached hydrogens (tertiary/aromatic N) is 4. The lowest BCUT2D eigenvalue weighted by molar-refractivity contribution is 0.0531. The van der Waals surface area contributed by atoms with Gasteiger partial charge >= 0.3 is 0 Å². The van der Waals surface area contributed by atoms with Gasteiger partial charge in [-0.25, -0.2) is 5.48 Å². The van der Waals surface area contributed by atoms with Crippen LogP contribution in [0.5, 0.6) is 5.75 Å². The Balaban J connectivity index is 1.60. The third kappa shape index (κ3) is 4.51. The number of piperidine rings is 1. The summed E-state index contributed by atoms with van der Waals surface area (Å²) in [6, 6.07) is 11.0. The van der Waals surface area contributed by atoms with E-state index < -0.39 is 5.91 Å². The van der Waals surface area contributed by atoms with E-state index in [-0.39, 0.29) is 11.8 Å². The molecular formula is C19H21N5O3. The Morgan fingerprint density at radius 1 is 1.30 bits per heavy atom. The second-order valence-corrected chi connectivity index (χ2v) is 6.32. The first-order valence-electron chi connectivity index (χ1n) is 8.70. The molecule has 8 heteroatoms. The van der Waals surface area contributed by atoms with E-state index in [2.05, 4.69) is 31.5 Å². The van der Waals surface area contributed by atoms with E-state index in [1.54, 1.807) is 18.2 Å². The van der Waals surface area contributed by atoms with E-state index >= 15 is 0 Å². The number of amides is 1. The minimum atomic E-state index is -0.425. The summed E-state index contributed by atoms with van der Waals surface area (Å²) in [5.74, 6) is 1.07. The maximum atomic E-state index is 11.8. The number of anilines is 1. The normalized spacial score (nSPS) is 14.5. The van der Waals surface area contributed by atoms with Crippen molar-refractivity contribution in [3.63, 3.8) is 0 Å². The van der Waals surface area contributed by atoms with Gasteiger partial charge < -0.3 is 9.64 Å². The summed E-state index contributed by atoms with van der Waals surface area (Å²) in [5, 5.41) is 17.2. The van der Waals surface area contributed by atoms with Crippen LogP contribution in [0.3, 0.4) is 0 Å². The molecule has 8 nitrogen and oxygen atoms in total. The van der Waals surface area contributed by atoms with E-state index in [1.165, 1.54) is 7.11 Å². The van der Waals surface area contributed by atoms with Crippen molar-refractivity contribution in [3.8, 4) is 11.8 Å². The third-order valence-electron chi connectivity index (χ3n) is 4.39. The predicted molar refractivity (Wildman–Crippen MR) is 98.3 cm³/mol. The van der Waals surface area contributed by atoms with Crippen molar-refractivity contribution >= 4 is 11.7 Å². The van der Waals surface area contributed by atoms with Crippen LogP contribution in [0, 0.1) is 18.3 Å². The first-order chi connectivity index (χ1) is 13.1. The standard InChI is InChI=1S/C19H21N5O3/c1-13-10-17(19(25)23-26-2)21-22-18(13)24-8-6-15(7-9-24)27-16-5-3-4-14(11-16)12-20/h3-5,10-11,15H,6-9H2,1-2H3,(H,23,25). The predicted octanol–water partition coefficient (Wildman–Crippen LogP) is 2.00. The number of hydrogen-bond acceptors (Lipinski definition) is 7. The summed E-state index contributed by atoms with van der Waals surface area (Å²) >= 11 is 0. The zero-order valence-corrected chi connectivity index (χ0v) is 15.3. The van der Waals surface area contributed by atoms with Crippen LogP contribution >= 0.6 is 0 Å². The smallest absolute Gasteiger partial charge is 0.295 e. The SMILES string of the molecule is CONC(=O)c1cc(C)c(N2CCC(Oc3cccc(C#N)c3)CC2)nn1. The molecule has 0 aliphatic carbocycles. The van der Waals surface area contributed by atoms with Crippen LogP contribution in [0.1, 0.15) is 34.5 Å². The molecular weight excluding hydrogens is 346 g/mol. The fourth-order valence-electron chi connectivity index (χ4n) is 3.06. The molecule has 2 aromatic rings. The molecule has 1 aliphatic heterocycles. The number of rotatable bonds is 5. The Morgan fingerprint density at radius 2 is 2.07 bits per heavy atom. The highest BCUT2D eigenvalue weighted by atomic mass is 16.6. The quantitative estimate of drug-likeness (QED) is 0.807. The summed E-state index contributed by atoms with van der Waals surface area (Å²) in [4.78, 5) is 18.5. The highest BCUT2D eigenvalue weighted by Gasteiger charge is 2.23. The molecule has 1 N–H and O–H groups in total. The van der Waals surface area contributed by atoms with Crippen LogP contribution in [0.25, 0.3) is 0 Å². The number of ether oxygens (including phenoxy) is 1. The second kappa shape index (κ2) is 8.47. The molecule has 1 aromatic carbocycles. The lowest BCUT2D eigenvalue weighted by Gasteiger charge is -2.33. The number of nitrogens with one attached hydrogen (secondary N) is 1. The molecule has 1 aliphatic rings. The molecule has 140 valence electrons. The second-order valence-electron chi connectivity index (χ2n) is 6.32. The van der Waals surface area contributed by atoms with Crippen LogP contribution < -0.4 is 15.1 Å².